The first kappa shape index (κ1) is 33.0. The second-order valence-corrected chi connectivity index (χ2v) is 13.8. The van der Waals surface area contributed by atoms with Gasteiger partial charge in [-0.25, -0.2) is 13.2 Å². The third kappa shape index (κ3) is 9.27. The lowest BCUT2D eigenvalue weighted by molar-refractivity contribution is -0.127. The van der Waals surface area contributed by atoms with Gasteiger partial charge in [0.1, 0.15) is 6.04 Å². The fourth-order valence-electron chi connectivity index (χ4n) is 5.25. The number of oxime groups is 1. The number of rotatable bonds is 13. The third-order valence-corrected chi connectivity index (χ3v) is 9.38. The Morgan fingerprint density at radius 1 is 1.05 bits per heavy atom. The minimum atomic E-state index is -4.04. The molecule has 2 amide bonds. The number of carbonyl (C=O) groups excluding carboxylic acids is 1. The van der Waals surface area contributed by atoms with Crippen molar-refractivity contribution >= 4 is 28.2 Å². The largest absolute Gasteiger partial charge is 0.465 e. The number of aliphatic hydroxyl groups excluding tert-OH is 1. The van der Waals surface area contributed by atoms with E-state index in [-0.39, 0.29) is 30.3 Å². The number of hydrogen-bond donors (Lipinski definition) is 5. The smallest absolute Gasteiger partial charge is 0.405 e. The molecule has 0 bridgehead atoms. The summed E-state index contributed by atoms with van der Waals surface area (Å²) in [5.74, 6) is -0.476. The maximum atomic E-state index is 13.9. The Labute approximate surface area is 247 Å². The predicted molar refractivity (Wildman–Crippen MR) is 159 cm³/mol. The molecule has 12 heteroatoms. The maximum absolute atomic E-state index is 13.9. The first-order chi connectivity index (χ1) is 19.8. The average Bonchev–Trinajstić information content (AvgIpc) is 3.44. The van der Waals surface area contributed by atoms with Crippen molar-refractivity contribution in [2.45, 2.75) is 76.0 Å². The molecule has 0 heterocycles. The van der Waals surface area contributed by atoms with Gasteiger partial charge in [-0.2, -0.15) is 4.31 Å². The van der Waals surface area contributed by atoms with Crippen LogP contribution in [0.25, 0.3) is 0 Å². The topological polar surface area (TPSA) is 169 Å². The molecule has 1 aliphatic carbocycles. The zero-order valence-electron chi connectivity index (χ0n) is 24.3. The molecule has 11 nitrogen and oxygen atoms in total. The highest BCUT2D eigenvalue weighted by atomic mass is 32.2. The molecule has 0 radical (unpaired) electrons. The molecule has 0 saturated heterocycles. The van der Waals surface area contributed by atoms with Gasteiger partial charge in [-0.1, -0.05) is 81.2 Å². The van der Waals surface area contributed by atoms with Gasteiger partial charge in [-0.3, -0.25) is 4.79 Å². The standard InChI is InChI=1S/C30H42N4O7S/c1-30(2,3)27(33-29(37)38)28(36)32-25(17-21-9-5-4-6-10-21)26(35)20-34(19-23-11-7-8-12-23)42(40,41)24-15-13-22(14-16-24)18-31-39/h4-6,9-10,13-16,18,23,25-27,33,35,39H,7-8,11-12,17,19-20H2,1-3H3,(H,32,36)(H,37,38)/t25-,26-,27+/m0/s1. The third-order valence-electron chi connectivity index (χ3n) is 7.54. The van der Waals surface area contributed by atoms with Gasteiger partial charge in [0.05, 0.1) is 23.3 Å². The van der Waals surface area contributed by atoms with Crippen LogP contribution < -0.4 is 10.6 Å². The van der Waals surface area contributed by atoms with Crippen LogP contribution in [-0.2, 0) is 21.2 Å². The summed E-state index contributed by atoms with van der Waals surface area (Å²) in [6.07, 6.45) is 2.51. The number of carboxylic acid groups (broad SMARTS) is 1. The minimum absolute atomic E-state index is 0.0323. The molecule has 5 N–H and O–H groups in total. The van der Waals surface area contributed by atoms with Crippen molar-refractivity contribution < 1.29 is 33.4 Å². The molecule has 1 saturated carbocycles. The molecular formula is C30H42N4O7S. The van der Waals surface area contributed by atoms with Gasteiger partial charge < -0.3 is 26.1 Å². The van der Waals surface area contributed by atoms with E-state index in [0.29, 0.717) is 5.56 Å². The number of nitrogens with one attached hydrogen (secondary N) is 2. The lowest BCUT2D eigenvalue weighted by Crippen LogP contribution is -2.58. The molecule has 3 rings (SSSR count). The van der Waals surface area contributed by atoms with Crippen molar-refractivity contribution in [2.75, 3.05) is 13.1 Å². The van der Waals surface area contributed by atoms with Crippen molar-refractivity contribution in [3.05, 3.63) is 65.7 Å². The van der Waals surface area contributed by atoms with Gasteiger partial charge in [0.25, 0.3) is 0 Å². The lowest BCUT2D eigenvalue weighted by Gasteiger charge is -2.34. The van der Waals surface area contributed by atoms with E-state index in [4.69, 9.17) is 5.21 Å². The van der Waals surface area contributed by atoms with E-state index in [1.807, 2.05) is 30.3 Å². The summed E-state index contributed by atoms with van der Waals surface area (Å²) >= 11 is 0. The highest BCUT2D eigenvalue weighted by Gasteiger charge is 2.37. The van der Waals surface area contributed by atoms with Gasteiger partial charge in [0, 0.05) is 13.1 Å². The molecule has 3 atom stereocenters. The first-order valence-corrected chi connectivity index (χ1v) is 15.5. The maximum Gasteiger partial charge on any atom is 0.405 e. The number of aliphatic hydroxyl groups is 1. The Balaban J connectivity index is 1.92. The number of amides is 2. The van der Waals surface area contributed by atoms with Crippen molar-refractivity contribution in [3.8, 4) is 0 Å². The SMILES string of the molecule is CC(C)(C)[C@H](NC(=O)O)C(=O)N[C@@H](Cc1ccccc1)[C@@H](O)CN(CC1CCCC1)S(=O)(=O)c1ccc(C=NO)cc1. The molecule has 230 valence electrons. The van der Waals surface area contributed by atoms with Crippen LogP contribution in [0.15, 0.2) is 64.6 Å². The normalized spacial score (nSPS) is 16.8. The molecule has 2 aromatic carbocycles. The molecule has 0 unspecified atom stereocenters. The van der Waals surface area contributed by atoms with Crippen LogP contribution in [0.3, 0.4) is 0 Å². The molecule has 42 heavy (non-hydrogen) atoms. The molecule has 1 aliphatic rings. The van der Waals surface area contributed by atoms with Gasteiger partial charge in [0.2, 0.25) is 15.9 Å². The van der Waals surface area contributed by atoms with E-state index in [9.17, 15) is 28.2 Å². The number of carbonyl (C=O) groups is 2. The molecule has 0 aliphatic heterocycles. The Morgan fingerprint density at radius 2 is 1.67 bits per heavy atom. The Hall–Kier alpha value is -3.48. The molecule has 2 aromatic rings. The highest BCUT2D eigenvalue weighted by molar-refractivity contribution is 7.89. The lowest BCUT2D eigenvalue weighted by atomic mass is 9.85. The molecule has 1 fully saturated rings. The Kier molecular flexibility index (Phi) is 11.5. The number of sulfonamides is 1. The average molecular weight is 603 g/mol. The van der Waals surface area contributed by atoms with Crippen molar-refractivity contribution in [1.82, 2.24) is 14.9 Å². The fourth-order valence-corrected chi connectivity index (χ4v) is 6.78. The van der Waals surface area contributed by atoms with Crippen molar-refractivity contribution in [3.63, 3.8) is 0 Å². The summed E-state index contributed by atoms with van der Waals surface area (Å²) in [6.45, 7) is 5.12. The summed E-state index contributed by atoms with van der Waals surface area (Å²) < 4.78 is 29.0. The van der Waals surface area contributed by atoms with E-state index in [2.05, 4.69) is 15.8 Å². The van der Waals surface area contributed by atoms with Crippen LogP contribution in [0.1, 0.15) is 57.6 Å². The summed E-state index contributed by atoms with van der Waals surface area (Å²) in [5.41, 5.74) is 0.565. The van der Waals surface area contributed by atoms with Crippen LogP contribution >= 0.6 is 0 Å². The zero-order valence-corrected chi connectivity index (χ0v) is 25.1. The van der Waals surface area contributed by atoms with E-state index in [1.165, 1.54) is 34.8 Å². The van der Waals surface area contributed by atoms with Crippen molar-refractivity contribution in [2.24, 2.45) is 16.5 Å². The van der Waals surface area contributed by atoms with Gasteiger partial charge >= 0.3 is 6.09 Å². The van der Waals surface area contributed by atoms with Crippen molar-refractivity contribution in [1.29, 1.82) is 0 Å². The van der Waals surface area contributed by atoms with E-state index < -0.39 is 45.6 Å². The number of nitrogens with zero attached hydrogens (tertiary/aromatic N) is 2. The second-order valence-electron chi connectivity index (χ2n) is 11.9. The predicted octanol–water partition coefficient (Wildman–Crippen LogP) is 3.45. The fraction of sp³-hybridized carbons (Fsp3) is 0.500. The molecule has 0 spiro atoms. The van der Waals surface area contributed by atoms with Crippen LogP contribution in [-0.4, -0.2) is 77.6 Å². The van der Waals surface area contributed by atoms with E-state index in [0.717, 1.165) is 31.2 Å². The zero-order chi connectivity index (χ0) is 30.9. The van der Waals surface area contributed by atoms with Gasteiger partial charge in [-0.05, 0) is 53.9 Å². The number of hydrogen-bond acceptors (Lipinski definition) is 7. The summed E-state index contributed by atoms with van der Waals surface area (Å²) in [5, 5.41) is 37.7. The summed E-state index contributed by atoms with van der Waals surface area (Å²) in [6, 6.07) is 13.1. The van der Waals surface area contributed by atoms with Crippen LogP contribution in [0.4, 0.5) is 4.79 Å². The number of benzene rings is 2. The van der Waals surface area contributed by atoms with Gasteiger partial charge in [-0.15, -0.1) is 0 Å². The van der Waals surface area contributed by atoms with Crippen LogP contribution in [0, 0.1) is 11.3 Å². The Morgan fingerprint density at radius 3 is 2.21 bits per heavy atom. The van der Waals surface area contributed by atoms with E-state index >= 15 is 0 Å². The monoisotopic (exact) mass is 602 g/mol. The summed E-state index contributed by atoms with van der Waals surface area (Å²) in [4.78, 5) is 24.9. The van der Waals surface area contributed by atoms with Crippen LogP contribution in [0.2, 0.25) is 0 Å². The first-order valence-electron chi connectivity index (χ1n) is 14.1. The molecule has 0 aromatic heterocycles. The van der Waals surface area contributed by atoms with Gasteiger partial charge in [0.15, 0.2) is 0 Å². The molecular weight excluding hydrogens is 560 g/mol. The minimum Gasteiger partial charge on any atom is -0.465 e. The highest BCUT2D eigenvalue weighted by Crippen LogP contribution is 2.28. The Bertz CT molecular complexity index is 1310. The summed E-state index contributed by atoms with van der Waals surface area (Å²) in [7, 11) is -4.04. The second kappa shape index (κ2) is 14.6. The van der Waals surface area contributed by atoms with E-state index in [1.54, 1.807) is 20.8 Å². The van der Waals surface area contributed by atoms with Crippen LogP contribution in [0.5, 0.6) is 0 Å². The quantitative estimate of drug-likeness (QED) is 0.133.